The number of allylic oxidation sites excluding steroid dienone is 1. The molecule has 3 heterocycles. The quantitative estimate of drug-likeness (QED) is 0.804. The maximum Gasteiger partial charge on any atom is 0.322 e. The molecule has 1 aromatic carbocycles. The Morgan fingerprint density at radius 1 is 1.37 bits per heavy atom. The topological polar surface area (TPSA) is 72.3 Å². The standard InChI is InChI=1S/C16H14ClF3N6O/c1-15-21-5-9(17)6-26(15)24-13(23-15)11-4-10(2-3-12(11)18)22-14(27)25-7-16(19,20)8-25/h2-6H,7-8H2,1H3,(H,22,27)(H,23,24). The number of amides is 2. The van der Waals surface area contributed by atoms with Crippen molar-refractivity contribution in [3.63, 3.8) is 0 Å². The number of alkyl halides is 2. The lowest BCUT2D eigenvalue weighted by molar-refractivity contribution is -0.107. The van der Waals surface area contributed by atoms with Crippen LogP contribution in [0.15, 0.2) is 39.4 Å². The third-order valence-corrected chi connectivity index (χ3v) is 4.49. The fourth-order valence-corrected chi connectivity index (χ4v) is 3.01. The summed E-state index contributed by atoms with van der Waals surface area (Å²) in [7, 11) is 0. The van der Waals surface area contributed by atoms with Gasteiger partial charge >= 0.3 is 6.03 Å². The molecule has 1 saturated heterocycles. The van der Waals surface area contributed by atoms with Crippen LogP contribution in [0.3, 0.4) is 0 Å². The summed E-state index contributed by atoms with van der Waals surface area (Å²) in [6.45, 7) is 0.427. The van der Waals surface area contributed by atoms with E-state index in [1.807, 2.05) is 0 Å². The summed E-state index contributed by atoms with van der Waals surface area (Å²) in [5.41, 5.74) is 3.25. The van der Waals surface area contributed by atoms with E-state index in [0.717, 1.165) is 11.0 Å². The van der Waals surface area contributed by atoms with Crippen molar-refractivity contribution in [2.24, 2.45) is 9.98 Å². The summed E-state index contributed by atoms with van der Waals surface area (Å²) in [4.78, 5) is 21.5. The van der Waals surface area contributed by atoms with Gasteiger partial charge < -0.3 is 10.2 Å². The number of likely N-dealkylation sites (tertiary alicyclic amines) is 1. The van der Waals surface area contributed by atoms with Crippen LogP contribution >= 0.6 is 11.6 Å². The number of hydrazine groups is 1. The average molecular weight is 399 g/mol. The second-order valence-corrected chi connectivity index (χ2v) is 6.96. The monoisotopic (exact) mass is 398 g/mol. The molecule has 0 saturated carbocycles. The molecule has 3 aliphatic rings. The predicted octanol–water partition coefficient (Wildman–Crippen LogP) is 2.71. The van der Waals surface area contributed by atoms with Gasteiger partial charge in [0.2, 0.25) is 5.79 Å². The van der Waals surface area contributed by atoms with Gasteiger partial charge in [-0.15, -0.1) is 0 Å². The van der Waals surface area contributed by atoms with Gasteiger partial charge in [0.15, 0.2) is 5.84 Å². The number of amidine groups is 1. The number of rotatable bonds is 2. The second-order valence-electron chi connectivity index (χ2n) is 6.52. The number of fused-ring (bicyclic) bond motifs is 1. The van der Waals surface area contributed by atoms with E-state index < -0.39 is 36.6 Å². The van der Waals surface area contributed by atoms with Gasteiger partial charge in [0.1, 0.15) is 5.82 Å². The molecule has 3 aliphatic heterocycles. The number of benzene rings is 1. The van der Waals surface area contributed by atoms with E-state index >= 15 is 0 Å². The van der Waals surface area contributed by atoms with Crippen LogP contribution < -0.4 is 10.7 Å². The number of carbonyl (C=O) groups is 1. The Kier molecular flexibility index (Phi) is 3.84. The summed E-state index contributed by atoms with van der Waals surface area (Å²) in [6.07, 6.45) is 3.01. The van der Waals surface area contributed by atoms with Crippen molar-refractivity contribution in [1.29, 1.82) is 0 Å². The smallest absolute Gasteiger partial charge is 0.312 e. The molecule has 1 unspecified atom stereocenters. The summed E-state index contributed by atoms with van der Waals surface area (Å²) >= 11 is 5.92. The van der Waals surface area contributed by atoms with Crippen LogP contribution in [0.2, 0.25) is 0 Å². The molecule has 0 spiro atoms. The molecule has 1 aromatic rings. The fraction of sp³-hybridized carbons (Fsp3) is 0.312. The normalized spacial score (nSPS) is 25.2. The highest BCUT2D eigenvalue weighted by atomic mass is 35.5. The first-order valence-corrected chi connectivity index (χ1v) is 8.35. The molecule has 142 valence electrons. The number of anilines is 1. The number of carbonyl (C=O) groups excluding carboxylic acids is 1. The molecule has 0 bridgehead atoms. The lowest BCUT2D eigenvalue weighted by atomic mass is 10.1. The van der Waals surface area contributed by atoms with Gasteiger partial charge in [0.05, 0.1) is 23.7 Å². The van der Waals surface area contributed by atoms with E-state index in [4.69, 9.17) is 11.6 Å². The Morgan fingerprint density at radius 3 is 2.81 bits per heavy atom. The van der Waals surface area contributed by atoms with Crippen molar-refractivity contribution >= 4 is 35.4 Å². The summed E-state index contributed by atoms with van der Waals surface area (Å²) in [5.74, 6) is -4.25. The maximum atomic E-state index is 14.3. The van der Waals surface area contributed by atoms with Crippen LogP contribution in [0.5, 0.6) is 0 Å². The summed E-state index contributed by atoms with van der Waals surface area (Å²) in [6, 6.07) is 3.19. The zero-order chi connectivity index (χ0) is 19.4. The highest BCUT2D eigenvalue weighted by molar-refractivity contribution is 6.39. The van der Waals surface area contributed by atoms with Crippen LogP contribution in [0.1, 0.15) is 12.5 Å². The minimum Gasteiger partial charge on any atom is -0.312 e. The van der Waals surface area contributed by atoms with Crippen LogP contribution in [0, 0.1) is 5.82 Å². The van der Waals surface area contributed by atoms with E-state index in [1.54, 1.807) is 13.1 Å². The molecule has 11 heteroatoms. The molecule has 0 radical (unpaired) electrons. The number of urea groups is 1. The molecule has 7 nitrogen and oxygen atoms in total. The minimum absolute atomic E-state index is 0.0945. The van der Waals surface area contributed by atoms with E-state index in [1.165, 1.54) is 23.4 Å². The number of halogens is 4. The molecule has 2 amide bonds. The van der Waals surface area contributed by atoms with Gasteiger partial charge in [-0.25, -0.2) is 33.0 Å². The Morgan fingerprint density at radius 2 is 2.11 bits per heavy atom. The minimum atomic E-state index is -2.86. The summed E-state index contributed by atoms with van der Waals surface area (Å²) in [5, 5.41) is 4.38. The van der Waals surface area contributed by atoms with Gasteiger partial charge in [-0.3, -0.25) is 5.43 Å². The van der Waals surface area contributed by atoms with Crippen LogP contribution in [-0.4, -0.2) is 52.8 Å². The molecule has 2 N–H and O–H groups in total. The van der Waals surface area contributed by atoms with Crippen molar-refractivity contribution in [2.75, 3.05) is 18.4 Å². The van der Waals surface area contributed by atoms with E-state index in [-0.39, 0.29) is 17.1 Å². The predicted molar refractivity (Wildman–Crippen MR) is 94.3 cm³/mol. The number of hydrogen-bond donors (Lipinski definition) is 2. The molecular formula is C16H14ClF3N6O. The third-order valence-electron chi connectivity index (χ3n) is 4.30. The van der Waals surface area contributed by atoms with E-state index in [2.05, 4.69) is 20.7 Å². The molecule has 1 atom stereocenters. The number of nitrogens with one attached hydrogen (secondary N) is 2. The van der Waals surface area contributed by atoms with Gasteiger partial charge in [-0.1, -0.05) is 11.6 Å². The van der Waals surface area contributed by atoms with Crippen molar-refractivity contribution in [3.05, 3.63) is 40.8 Å². The zero-order valence-electron chi connectivity index (χ0n) is 14.0. The number of nitrogens with zero attached hydrogens (tertiary/aromatic N) is 4. The first-order chi connectivity index (χ1) is 12.7. The first kappa shape index (κ1) is 17.7. The van der Waals surface area contributed by atoms with E-state index in [0.29, 0.717) is 5.03 Å². The van der Waals surface area contributed by atoms with Gasteiger partial charge in [-0.2, -0.15) is 0 Å². The van der Waals surface area contributed by atoms with Gasteiger partial charge in [0, 0.05) is 25.0 Å². The molecule has 27 heavy (non-hydrogen) atoms. The Hall–Kier alpha value is -2.75. The molecule has 0 aromatic heterocycles. The third kappa shape index (κ3) is 3.20. The van der Waals surface area contributed by atoms with E-state index in [9.17, 15) is 18.0 Å². The largest absolute Gasteiger partial charge is 0.322 e. The van der Waals surface area contributed by atoms with Crippen molar-refractivity contribution in [3.8, 4) is 0 Å². The number of hydrogen-bond acceptors (Lipinski definition) is 5. The van der Waals surface area contributed by atoms with Crippen LogP contribution in [-0.2, 0) is 0 Å². The summed E-state index contributed by atoms with van der Waals surface area (Å²) < 4.78 is 40.1. The SMILES string of the molecule is CC12N=CC(Cl)=CN1NC(c1cc(NC(=O)N3CC(F)(F)C3)ccc1F)=N2. The van der Waals surface area contributed by atoms with Crippen LogP contribution in [0.25, 0.3) is 0 Å². The fourth-order valence-electron chi connectivity index (χ4n) is 2.86. The Balaban J connectivity index is 1.55. The van der Waals surface area contributed by atoms with Gasteiger partial charge in [-0.05, 0) is 18.2 Å². The molecule has 0 aliphatic carbocycles. The van der Waals surface area contributed by atoms with Gasteiger partial charge in [0.25, 0.3) is 5.92 Å². The number of aliphatic imine (C=N–C) groups is 2. The molecule has 4 rings (SSSR count). The van der Waals surface area contributed by atoms with Crippen LogP contribution in [0.4, 0.5) is 23.7 Å². The molecule has 1 fully saturated rings. The first-order valence-electron chi connectivity index (χ1n) is 7.97. The highest BCUT2D eigenvalue weighted by Gasteiger charge is 2.46. The zero-order valence-corrected chi connectivity index (χ0v) is 14.8. The Labute approximate surface area is 157 Å². The second kappa shape index (κ2) is 5.88. The lowest BCUT2D eigenvalue weighted by Crippen LogP contribution is -2.59. The lowest BCUT2D eigenvalue weighted by Gasteiger charge is -2.38. The molecular weight excluding hydrogens is 385 g/mol. The van der Waals surface area contributed by atoms with Crippen molar-refractivity contribution in [2.45, 2.75) is 18.6 Å². The highest BCUT2D eigenvalue weighted by Crippen LogP contribution is 2.30. The van der Waals surface area contributed by atoms with Crippen molar-refractivity contribution in [1.82, 2.24) is 15.3 Å². The average Bonchev–Trinajstić information content (AvgIpc) is 2.91. The van der Waals surface area contributed by atoms with Crippen molar-refractivity contribution < 1.29 is 18.0 Å². The Bertz CT molecular complexity index is 909. The maximum absolute atomic E-state index is 14.3.